The molecule has 0 unspecified atom stereocenters. The second-order valence-corrected chi connectivity index (χ2v) is 12.6. The molecule has 0 aromatic carbocycles. The normalized spacial score (nSPS) is 11.8. The maximum atomic E-state index is 11.8. The molecule has 2 heteroatoms. The van der Waals surface area contributed by atoms with Gasteiger partial charge >= 0.3 is 5.97 Å². The standard InChI is InChI=1S/C39H74O2/c1-3-5-7-9-11-13-15-17-19-21-23-25-27-29-31-33-35-37-39(40)41-38-36-34-32-30-28-26-24-22-20-18-16-14-12-10-8-6-4-2/h31,33,35,37H,3-30,32,34,36,38H2,1-2H3. The number of unbranched alkanes of at least 4 members (excludes halogenated alkanes) is 29. The molecule has 0 aliphatic heterocycles. The minimum atomic E-state index is -0.202. The predicted octanol–water partition coefficient (Wildman–Crippen LogP) is 13.8. The van der Waals surface area contributed by atoms with Gasteiger partial charge in [0.25, 0.3) is 0 Å². The van der Waals surface area contributed by atoms with Crippen molar-refractivity contribution in [3.63, 3.8) is 0 Å². The highest BCUT2D eigenvalue weighted by Gasteiger charge is 1.98. The van der Waals surface area contributed by atoms with Crippen molar-refractivity contribution in [1.29, 1.82) is 0 Å². The molecular weight excluding hydrogens is 500 g/mol. The number of hydrogen-bond acceptors (Lipinski definition) is 2. The van der Waals surface area contributed by atoms with Crippen LogP contribution in [0.15, 0.2) is 24.3 Å². The SMILES string of the molecule is CCCCCCCCCCCCCCCC=CC=CC(=O)OCCCCCCCCCCCCCCCCCCC. The number of allylic oxidation sites excluding steroid dienone is 3. The Hall–Kier alpha value is -1.05. The molecule has 0 spiro atoms. The number of rotatable bonds is 34. The van der Waals surface area contributed by atoms with Gasteiger partial charge in [0.05, 0.1) is 6.61 Å². The lowest BCUT2D eigenvalue weighted by Gasteiger charge is -2.04. The molecule has 2 nitrogen and oxygen atoms in total. The third kappa shape index (κ3) is 36.9. The van der Waals surface area contributed by atoms with E-state index in [1.165, 1.54) is 186 Å². The van der Waals surface area contributed by atoms with Gasteiger partial charge < -0.3 is 4.74 Å². The molecule has 0 bridgehead atoms. The first-order valence-electron chi connectivity index (χ1n) is 18.8. The molecule has 0 amide bonds. The van der Waals surface area contributed by atoms with Gasteiger partial charge in [-0.15, -0.1) is 0 Å². The summed E-state index contributed by atoms with van der Waals surface area (Å²) >= 11 is 0. The van der Waals surface area contributed by atoms with E-state index in [4.69, 9.17) is 4.74 Å². The lowest BCUT2D eigenvalue weighted by atomic mass is 10.0. The Morgan fingerprint density at radius 1 is 0.415 bits per heavy atom. The molecule has 0 rings (SSSR count). The maximum Gasteiger partial charge on any atom is 0.330 e. The smallest absolute Gasteiger partial charge is 0.330 e. The van der Waals surface area contributed by atoms with Gasteiger partial charge in [0, 0.05) is 6.08 Å². The minimum Gasteiger partial charge on any atom is -0.463 e. The Bertz CT molecular complexity index is 550. The van der Waals surface area contributed by atoms with Crippen LogP contribution < -0.4 is 0 Å². The Morgan fingerprint density at radius 2 is 0.732 bits per heavy atom. The lowest BCUT2D eigenvalue weighted by molar-refractivity contribution is -0.137. The number of carbonyl (C=O) groups excluding carboxylic acids is 1. The predicted molar refractivity (Wildman–Crippen MR) is 184 cm³/mol. The van der Waals surface area contributed by atoms with Crippen LogP contribution in [0.1, 0.15) is 213 Å². The van der Waals surface area contributed by atoms with E-state index in [0.29, 0.717) is 6.61 Å². The zero-order valence-electron chi connectivity index (χ0n) is 28.3. The van der Waals surface area contributed by atoms with Crippen molar-refractivity contribution >= 4 is 5.97 Å². The van der Waals surface area contributed by atoms with Crippen LogP contribution >= 0.6 is 0 Å². The van der Waals surface area contributed by atoms with E-state index in [9.17, 15) is 4.79 Å². The molecule has 0 aliphatic carbocycles. The third-order valence-electron chi connectivity index (χ3n) is 8.45. The van der Waals surface area contributed by atoms with Gasteiger partial charge in [-0.1, -0.05) is 212 Å². The van der Waals surface area contributed by atoms with Crippen LogP contribution in [0.25, 0.3) is 0 Å². The van der Waals surface area contributed by atoms with Gasteiger partial charge in [-0.25, -0.2) is 4.79 Å². The molecule has 0 heterocycles. The van der Waals surface area contributed by atoms with E-state index >= 15 is 0 Å². The molecule has 0 aliphatic rings. The fourth-order valence-corrected chi connectivity index (χ4v) is 5.64. The molecule has 0 N–H and O–H groups in total. The fourth-order valence-electron chi connectivity index (χ4n) is 5.64. The highest BCUT2D eigenvalue weighted by atomic mass is 16.5. The van der Waals surface area contributed by atoms with Crippen molar-refractivity contribution in [3.8, 4) is 0 Å². The van der Waals surface area contributed by atoms with Gasteiger partial charge in [0.2, 0.25) is 0 Å². The quantitative estimate of drug-likeness (QED) is 0.0330. The zero-order valence-corrected chi connectivity index (χ0v) is 28.3. The second kappa shape index (κ2) is 37.0. The van der Waals surface area contributed by atoms with Gasteiger partial charge in [0.1, 0.15) is 0 Å². The number of ether oxygens (including phenoxy) is 1. The average Bonchev–Trinajstić information content (AvgIpc) is 2.98. The van der Waals surface area contributed by atoms with E-state index in [1.54, 1.807) is 6.08 Å². The summed E-state index contributed by atoms with van der Waals surface area (Å²) in [5.41, 5.74) is 0. The van der Waals surface area contributed by atoms with Gasteiger partial charge in [-0.2, -0.15) is 0 Å². The first-order valence-corrected chi connectivity index (χ1v) is 18.8. The summed E-state index contributed by atoms with van der Waals surface area (Å²) in [7, 11) is 0. The van der Waals surface area contributed by atoms with E-state index in [-0.39, 0.29) is 5.97 Å². The Balaban J connectivity index is 3.27. The van der Waals surface area contributed by atoms with Crippen molar-refractivity contribution in [2.75, 3.05) is 6.61 Å². The Labute approximate surface area is 259 Å². The average molecular weight is 575 g/mol. The largest absolute Gasteiger partial charge is 0.463 e. The summed E-state index contributed by atoms with van der Waals surface area (Å²) in [6, 6.07) is 0. The molecule has 242 valence electrons. The van der Waals surface area contributed by atoms with Crippen molar-refractivity contribution in [3.05, 3.63) is 24.3 Å². The molecule has 0 atom stereocenters. The molecule has 0 fully saturated rings. The Kier molecular flexibility index (Phi) is 36.0. The monoisotopic (exact) mass is 575 g/mol. The van der Waals surface area contributed by atoms with Gasteiger partial charge in [-0.05, 0) is 19.3 Å². The molecular formula is C39H74O2. The maximum absolute atomic E-state index is 11.8. The summed E-state index contributed by atoms with van der Waals surface area (Å²) < 4.78 is 5.34. The summed E-state index contributed by atoms with van der Waals surface area (Å²) in [6.45, 7) is 5.14. The van der Waals surface area contributed by atoms with Crippen LogP contribution in [0.3, 0.4) is 0 Å². The first kappa shape index (κ1) is 40.0. The van der Waals surface area contributed by atoms with E-state index < -0.39 is 0 Å². The van der Waals surface area contributed by atoms with Crippen LogP contribution in [0.2, 0.25) is 0 Å². The van der Waals surface area contributed by atoms with Crippen LogP contribution in [0.5, 0.6) is 0 Å². The van der Waals surface area contributed by atoms with E-state index in [0.717, 1.165) is 12.8 Å². The number of esters is 1. The molecule has 0 aromatic rings. The topological polar surface area (TPSA) is 26.3 Å². The van der Waals surface area contributed by atoms with E-state index in [2.05, 4.69) is 19.9 Å². The molecule has 0 saturated carbocycles. The van der Waals surface area contributed by atoms with Gasteiger partial charge in [-0.3, -0.25) is 0 Å². The summed E-state index contributed by atoms with van der Waals surface area (Å²) in [5, 5.41) is 0. The van der Waals surface area contributed by atoms with Crippen molar-refractivity contribution in [2.45, 2.75) is 213 Å². The van der Waals surface area contributed by atoms with Crippen LogP contribution in [-0.4, -0.2) is 12.6 Å². The van der Waals surface area contributed by atoms with Crippen molar-refractivity contribution in [1.82, 2.24) is 0 Å². The van der Waals surface area contributed by atoms with Crippen LogP contribution in [-0.2, 0) is 9.53 Å². The van der Waals surface area contributed by atoms with Gasteiger partial charge in [0.15, 0.2) is 0 Å². The molecule has 0 saturated heterocycles. The highest BCUT2D eigenvalue weighted by molar-refractivity contribution is 5.82. The first-order chi connectivity index (χ1) is 20.3. The van der Waals surface area contributed by atoms with Crippen LogP contribution in [0.4, 0.5) is 0 Å². The second-order valence-electron chi connectivity index (χ2n) is 12.6. The van der Waals surface area contributed by atoms with Crippen molar-refractivity contribution in [2.24, 2.45) is 0 Å². The molecule has 0 radical (unpaired) electrons. The number of hydrogen-bond donors (Lipinski definition) is 0. The van der Waals surface area contributed by atoms with Crippen LogP contribution in [0, 0.1) is 0 Å². The summed E-state index contributed by atoms with van der Waals surface area (Å²) in [5.74, 6) is -0.202. The Morgan fingerprint density at radius 3 is 1.10 bits per heavy atom. The molecule has 41 heavy (non-hydrogen) atoms. The van der Waals surface area contributed by atoms with E-state index in [1.807, 2.05) is 12.2 Å². The zero-order chi connectivity index (χ0) is 29.7. The third-order valence-corrected chi connectivity index (χ3v) is 8.45. The highest BCUT2D eigenvalue weighted by Crippen LogP contribution is 2.15. The lowest BCUT2D eigenvalue weighted by Crippen LogP contribution is -2.02. The summed E-state index contributed by atoms with van der Waals surface area (Å²) in [4.78, 5) is 11.8. The van der Waals surface area contributed by atoms with Crippen molar-refractivity contribution < 1.29 is 9.53 Å². The number of carbonyl (C=O) groups is 1. The minimum absolute atomic E-state index is 0.202. The molecule has 0 aromatic heterocycles. The summed E-state index contributed by atoms with van der Waals surface area (Å²) in [6.07, 6.45) is 50.1. The fraction of sp³-hybridized carbons (Fsp3) is 0.872.